The number of aryl methyl sites for hydroxylation is 2. The van der Waals surface area contributed by atoms with E-state index in [0.29, 0.717) is 11.4 Å². The molecule has 1 aromatic carbocycles. The molecule has 0 saturated heterocycles. The topological polar surface area (TPSA) is 3.24 Å². The first kappa shape index (κ1) is 13.9. The van der Waals surface area contributed by atoms with Crippen LogP contribution in [0.15, 0.2) is 18.2 Å². The van der Waals surface area contributed by atoms with E-state index in [0.717, 1.165) is 6.54 Å². The number of nitrogens with zero attached hydrogens (tertiary/aromatic N) is 1. The highest BCUT2D eigenvalue weighted by Crippen LogP contribution is 2.27. The maximum Gasteiger partial charge on any atom is 0.0491 e. The lowest BCUT2D eigenvalue weighted by atomic mass is 9.93. The van der Waals surface area contributed by atoms with Crippen molar-refractivity contribution in [1.82, 2.24) is 4.90 Å². The van der Waals surface area contributed by atoms with Crippen molar-refractivity contribution < 1.29 is 0 Å². The highest BCUT2D eigenvalue weighted by atomic mass is 35.5. The van der Waals surface area contributed by atoms with E-state index >= 15 is 0 Å². The van der Waals surface area contributed by atoms with Gasteiger partial charge in [-0.1, -0.05) is 42.2 Å². The standard InChI is InChI=1S/C16H24ClN/c1-12-8-13(2)10-14(9-12)11-18(3)16-7-5-4-6-15(16)17/h8-10,15-16H,4-7,11H2,1-3H3. The Labute approximate surface area is 116 Å². The molecule has 2 unspecified atom stereocenters. The normalized spacial score (nSPS) is 24.5. The van der Waals surface area contributed by atoms with Crippen LogP contribution in [0.25, 0.3) is 0 Å². The zero-order chi connectivity index (χ0) is 13.1. The van der Waals surface area contributed by atoms with Crippen molar-refractivity contribution in [2.24, 2.45) is 0 Å². The Balaban J connectivity index is 2.03. The van der Waals surface area contributed by atoms with Gasteiger partial charge in [-0.2, -0.15) is 0 Å². The first-order chi connectivity index (χ1) is 8.56. The van der Waals surface area contributed by atoms with Crippen LogP contribution in [-0.4, -0.2) is 23.4 Å². The van der Waals surface area contributed by atoms with Crippen LogP contribution in [0.4, 0.5) is 0 Å². The summed E-state index contributed by atoms with van der Waals surface area (Å²) < 4.78 is 0. The Morgan fingerprint density at radius 3 is 2.33 bits per heavy atom. The molecule has 2 rings (SSSR count). The summed E-state index contributed by atoms with van der Waals surface area (Å²) in [5.74, 6) is 0. The third kappa shape index (κ3) is 3.49. The number of rotatable bonds is 3. The van der Waals surface area contributed by atoms with Crippen LogP contribution in [0.3, 0.4) is 0 Å². The molecule has 1 fully saturated rings. The largest absolute Gasteiger partial charge is 0.298 e. The number of halogens is 1. The first-order valence-electron chi connectivity index (χ1n) is 6.98. The van der Waals surface area contributed by atoms with Crippen LogP contribution < -0.4 is 0 Å². The molecule has 1 aliphatic rings. The second kappa shape index (κ2) is 6.08. The van der Waals surface area contributed by atoms with Gasteiger partial charge in [0.15, 0.2) is 0 Å². The van der Waals surface area contributed by atoms with Crippen molar-refractivity contribution in [3.05, 3.63) is 34.9 Å². The van der Waals surface area contributed by atoms with E-state index in [1.165, 1.54) is 42.4 Å². The molecule has 18 heavy (non-hydrogen) atoms. The van der Waals surface area contributed by atoms with Crippen molar-refractivity contribution in [3.63, 3.8) is 0 Å². The lowest BCUT2D eigenvalue weighted by Gasteiger charge is -2.35. The molecule has 1 saturated carbocycles. The van der Waals surface area contributed by atoms with Crippen LogP contribution >= 0.6 is 11.6 Å². The molecule has 0 heterocycles. The highest BCUT2D eigenvalue weighted by molar-refractivity contribution is 6.21. The Morgan fingerprint density at radius 1 is 1.11 bits per heavy atom. The second-order valence-electron chi connectivity index (χ2n) is 5.78. The Kier molecular flexibility index (Phi) is 4.69. The third-order valence-electron chi connectivity index (χ3n) is 3.93. The third-order valence-corrected chi connectivity index (χ3v) is 4.44. The quantitative estimate of drug-likeness (QED) is 0.737. The summed E-state index contributed by atoms with van der Waals surface area (Å²) >= 11 is 6.46. The van der Waals surface area contributed by atoms with Gasteiger partial charge >= 0.3 is 0 Å². The molecular weight excluding hydrogens is 242 g/mol. The summed E-state index contributed by atoms with van der Waals surface area (Å²) in [5, 5.41) is 0.328. The Morgan fingerprint density at radius 2 is 1.72 bits per heavy atom. The molecule has 0 amide bonds. The maximum atomic E-state index is 6.46. The van der Waals surface area contributed by atoms with Gasteiger partial charge in [0.1, 0.15) is 0 Å². The molecule has 0 spiro atoms. The predicted octanol–water partition coefficient (Wildman–Crippen LogP) is 4.29. The van der Waals surface area contributed by atoms with Crippen molar-refractivity contribution in [2.75, 3.05) is 7.05 Å². The molecule has 0 aromatic heterocycles. The van der Waals surface area contributed by atoms with Crippen LogP contribution in [-0.2, 0) is 6.54 Å². The summed E-state index contributed by atoms with van der Waals surface area (Å²) in [5.41, 5.74) is 4.11. The Hall–Kier alpha value is -0.530. The molecular formula is C16H24ClN. The van der Waals surface area contributed by atoms with Gasteiger partial charge in [-0.3, -0.25) is 4.90 Å². The monoisotopic (exact) mass is 265 g/mol. The van der Waals surface area contributed by atoms with Gasteiger partial charge in [0.25, 0.3) is 0 Å². The van der Waals surface area contributed by atoms with Gasteiger partial charge in [0.2, 0.25) is 0 Å². The highest BCUT2D eigenvalue weighted by Gasteiger charge is 2.26. The summed E-state index contributed by atoms with van der Waals surface area (Å²) in [6, 6.07) is 7.35. The van der Waals surface area contributed by atoms with Crippen LogP contribution in [0.5, 0.6) is 0 Å². The summed E-state index contributed by atoms with van der Waals surface area (Å²) in [7, 11) is 2.21. The zero-order valence-electron chi connectivity index (χ0n) is 11.7. The molecule has 0 N–H and O–H groups in total. The smallest absolute Gasteiger partial charge is 0.0491 e. The predicted molar refractivity (Wildman–Crippen MR) is 79.3 cm³/mol. The first-order valence-corrected chi connectivity index (χ1v) is 7.41. The van der Waals surface area contributed by atoms with Gasteiger partial charge in [-0.05, 0) is 39.3 Å². The average Bonchev–Trinajstić information content (AvgIpc) is 2.27. The van der Waals surface area contributed by atoms with E-state index in [-0.39, 0.29) is 0 Å². The minimum Gasteiger partial charge on any atom is -0.298 e. The summed E-state index contributed by atoms with van der Waals surface area (Å²) in [4.78, 5) is 2.44. The van der Waals surface area contributed by atoms with Crippen molar-refractivity contribution in [1.29, 1.82) is 0 Å². The molecule has 2 heteroatoms. The molecule has 0 bridgehead atoms. The number of hydrogen-bond donors (Lipinski definition) is 0. The van der Waals surface area contributed by atoms with Crippen LogP contribution in [0.1, 0.15) is 42.4 Å². The lowest BCUT2D eigenvalue weighted by molar-refractivity contribution is 0.188. The van der Waals surface area contributed by atoms with Gasteiger partial charge in [-0.25, -0.2) is 0 Å². The molecule has 1 nitrogen and oxygen atoms in total. The van der Waals surface area contributed by atoms with Crippen molar-refractivity contribution in [3.8, 4) is 0 Å². The van der Waals surface area contributed by atoms with Gasteiger partial charge in [-0.15, -0.1) is 11.6 Å². The zero-order valence-corrected chi connectivity index (χ0v) is 12.5. The second-order valence-corrected chi connectivity index (χ2v) is 6.34. The van der Waals surface area contributed by atoms with E-state index in [9.17, 15) is 0 Å². The van der Waals surface area contributed by atoms with E-state index in [1.807, 2.05) is 0 Å². The van der Waals surface area contributed by atoms with Gasteiger partial charge in [0, 0.05) is 18.0 Å². The number of hydrogen-bond acceptors (Lipinski definition) is 1. The maximum absolute atomic E-state index is 6.46. The van der Waals surface area contributed by atoms with Crippen molar-refractivity contribution >= 4 is 11.6 Å². The minimum atomic E-state index is 0.328. The van der Waals surface area contributed by atoms with E-state index in [4.69, 9.17) is 11.6 Å². The van der Waals surface area contributed by atoms with Crippen LogP contribution in [0, 0.1) is 13.8 Å². The molecule has 1 aromatic rings. The average molecular weight is 266 g/mol. The summed E-state index contributed by atoms with van der Waals surface area (Å²) in [6.07, 6.45) is 5.03. The molecule has 100 valence electrons. The van der Waals surface area contributed by atoms with E-state index < -0.39 is 0 Å². The molecule has 2 atom stereocenters. The summed E-state index contributed by atoms with van der Waals surface area (Å²) in [6.45, 7) is 5.35. The number of alkyl halides is 1. The van der Waals surface area contributed by atoms with Crippen molar-refractivity contribution in [2.45, 2.75) is 57.5 Å². The fraction of sp³-hybridized carbons (Fsp3) is 0.625. The van der Waals surface area contributed by atoms with Gasteiger partial charge in [0.05, 0.1) is 0 Å². The van der Waals surface area contributed by atoms with Gasteiger partial charge < -0.3 is 0 Å². The van der Waals surface area contributed by atoms with E-state index in [2.05, 4.69) is 44.0 Å². The Bertz CT molecular complexity index is 382. The fourth-order valence-electron chi connectivity index (χ4n) is 3.13. The van der Waals surface area contributed by atoms with Crippen LogP contribution in [0.2, 0.25) is 0 Å². The fourth-order valence-corrected chi connectivity index (χ4v) is 3.60. The minimum absolute atomic E-state index is 0.328. The lowest BCUT2D eigenvalue weighted by Crippen LogP contribution is -2.40. The molecule has 0 radical (unpaired) electrons. The SMILES string of the molecule is Cc1cc(C)cc(CN(C)C2CCCCC2Cl)c1. The van der Waals surface area contributed by atoms with E-state index in [1.54, 1.807) is 0 Å². The molecule has 0 aliphatic heterocycles. The molecule has 1 aliphatic carbocycles. The number of benzene rings is 1.